The highest BCUT2D eigenvalue weighted by atomic mass is 32.1. The van der Waals surface area contributed by atoms with Gasteiger partial charge in [0.1, 0.15) is 6.61 Å². The van der Waals surface area contributed by atoms with Crippen molar-refractivity contribution in [2.24, 2.45) is 0 Å². The highest BCUT2D eigenvalue weighted by Crippen LogP contribution is 2.27. The molecule has 2 aromatic heterocycles. The van der Waals surface area contributed by atoms with Gasteiger partial charge in [-0.2, -0.15) is 5.10 Å². The summed E-state index contributed by atoms with van der Waals surface area (Å²) in [7, 11) is 0. The van der Waals surface area contributed by atoms with Crippen LogP contribution in [-0.4, -0.2) is 41.8 Å². The Bertz CT molecular complexity index is 871. The van der Waals surface area contributed by atoms with E-state index < -0.39 is 0 Å². The second-order valence-electron chi connectivity index (χ2n) is 6.92. The Morgan fingerprint density at radius 2 is 2.04 bits per heavy atom. The zero-order valence-corrected chi connectivity index (χ0v) is 16.5. The molecule has 0 atom stereocenters. The average Bonchev–Trinajstić information content (AvgIpc) is 3.41. The molecule has 1 aliphatic heterocycles. The van der Waals surface area contributed by atoms with Crippen molar-refractivity contribution in [1.29, 1.82) is 0 Å². The molecule has 7 heteroatoms. The fourth-order valence-corrected chi connectivity index (χ4v) is 4.08. The molecule has 0 spiro atoms. The maximum atomic E-state index is 12.1. The summed E-state index contributed by atoms with van der Waals surface area (Å²) in [4.78, 5) is 15.6. The molecule has 0 unspecified atom stereocenters. The fraction of sp³-hybridized carbons (Fsp3) is 0.333. The van der Waals surface area contributed by atoms with Crippen LogP contribution in [0.5, 0.6) is 0 Å². The van der Waals surface area contributed by atoms with Crippen molar-refractivity contribution in [3.05, 3.63) is 59.5 Å². The van der Waals surface area contributed by atoms with Gasteiger partial charge in [-0.25, -0.2) is 0 Å². The number of nitrogens with one attached hydrogen (secondary N) is 2. The van der Waals surface area contributed by atoms with Crippen LogP contribution in [0.2, 0.25) is 0 Å². The van der Waals surface area contributed by atoms with Gasteiger partial charge in [-0.1, -0.05) is 36.4 Å². The van der Waals surface area contributed by atoms with E-state index in [9.17, 15) is 4.79 Å². The Balaban J connectivity index is 1.19. The Hall–Kier alpha value is -2.64. The minimum Gasteiger partial charge on any atom is -0.367 e. The van der Waals surface area contributed by atoms with Crippen molar-refractivity contribution in [2.45, 2.75) is 25.5 Å². The number of benzene rings is 1. The van der Waals surface area contributed by atoms with E-state index in [2.05, 4.69) is 37.9 Å². The first-order valence-electron chi connectivity index (χ1n) is 9.53. The van der Waals surface area contributed by atoms with Crippen LogP contribution in [0, 0.1) is 0 Å². The molecule has 3 aromatic rings. The first kappa shape index (κ1) is 18.7. The molecule has 0 saturated carbocycles. The minimum atomic E-state index is -0.0471. The number of hydrogen-bond donors (Lipinski definition) is 2. The second kappa shape index (κ2) is 9.03. The van der Waals surface area contributed by atoms with Gasteiger partial charge in [-0.3, -0.25) is 9.89 Å². The standard InChI is InChI=1S/C21H24N4O2S/c26-21(15-27-14-16-5-2-1-3-6-16)22-17-8-10-25(11-9-17)20-13-18(23-24-20)19-7-4-12-28-19/h1-7,12-13,17H,8-11,14-15H2,(H,22,26)(H,23,24). The van der Waals surface area contributed by atoms with Crippen LogP contribution in [0.4, 0.5) is 5.82 Å². The zero-order valence-electron chi connectivity index (χ0n) is 15.6. The smallest absolute Gasteiger partial charge is 0.246 e. The van der Waals surface area contributed by atoms with E-state index in [4.69, 9.17) is 4.74 Å². The summed E-state index contributed by atoms with van der Waals surface area (Å²) in [5.41, 5.74) is 2.13. The number of aromatic amines is 1. The van der Waals surface area contributed by atoms with E-state index in [1.54, 1.807) is 11.3 Å². The number of H-pyrrole nitrogens is 1. The van der Waals surface area contributed by atoms with Crippen LogP contribution in [0.25, 0.3) is 10.6 Å². The van der Waals surface area contributed by atoms with Crippen LogP contribution in [0.15, 0.2) is 53.9 Å². The predicted molar refractivity (Wildman–Crippen MR) is 111 cm³/mol. The average molecular weight is 397 g/mol. The van der Waals surface area contributed by atoms with E-state index in [0.29, 0.717) is 6.61 Å². The van der Waals surface area contributed by atoms with Crippen molar-refractivity contribution in [1.82, 2.24) is 15.5 Å². The van der Waals surface area contributed by atoms with Crippen molar-refractivity contribution < 1.29 is 9.53 Å². The molecule has 6 nitrogen and oxygen atoms in total. The number of anilines is 1. The lowest BCUT2D eigenvalue weighted by molar-refractivity contribution is -0.126. The molecule has 0 bridgehead atoms. The highest BCUT2D eigenvalue weighted by Gasteiger charge is 2.22. The third-order valence-corrected chi connectivity index (χ3v) is 5.78. The number of amides is 1. The topological polar surface area (TPSA) is 70.2 Å². The van der Waals surface area contributed by atoms with Gasteiger partial charge in [0, 0.05) is 25.2 Å². The van der Waals surface area contributed by atoms with Crippen molar-refractivity contribution in [2.75, 3.05) is 24.6 Å². The van der Waals surface area contributed by atoms with Gasteiger partial charge in [0.15, 0.2) is 5.82 Å². The quantitative estimate of drug-likeness (QED) is 0.642. The summed E-state index contributed by atoms with van der Waals surface area (Å²) in [6, 6.07) is 16.3. The molecule has 1 fully saturated rings. The Morgan fingerprint density at radius 3 is 2.79 bits per heavy atom. The van der Waals surface area contributed by atoms with Crippen molar-refractivity contribution in [3.63, 3.8) is 0 Å². The maximum absolute atomic E-state index is 12.1. The third kappa shape index (κ3) is 4.79. The molecule has 146 valence electrons. The van der Waals surface area contributed by atoms with Gasteiger partial charge >= 0.3 is 0 Å². The molecular weight excluding hydrogens is 372 g/mol. The summed E-state index contributed by atoms with van der Waals surface area (Å²) in [6.07, 6.45) is 1.82. The van der Waals surface area contributed by atoms with Gasteiger partial charge in [0.25, 0.3) is 0 Å². The molecule has 1 saturated heterocycles. The second-order valence-corrected chi connectivity index (χ2v) is 7.87. The van der Waals surface area contributed by atoms with Crippen LogP contribution < -0.4 is 10.2 Å². The molecule has 1 aromatic carbocycles. The summed E-state index contributed by atoms with van der Waals surface area (Å²) in [5, 5.41) is 12.7. The molecule has 3 heterocycles. The van der Waals surface area contributed by atoms with E-state index in [-0.39, 0.29) is 18.6 Å². The number of nitrogens with zero attached hydrogens (tertiary/aromatic N) is 2. The van der Waals surface area contributed by atoms with Gasteiger partial charge < -0.3 is 15.0 Å². The summed E-state index contributed by atoms with van der Waals surface area (Å²) in [6.45, 7) is 2.31. The SMILES string of the molecule is O=C(COCc1ccccc1)NC1CCN(c2cc(-c3cccs3)[nH]n2)CC1. The number of piperidine rings is 1. The normalized spacial score (nSPS) is 14.9. The number of carbonyl (C=O) groups is 1. The Morgan fingerprint density at radius 1 is 1.21 bits per heavy atom. The molecule has 0 radical (unpaired) electrons. The van der Waals surface area contributed by atoms with E-state index in [1.807, 2.05) is 36.4 Å². The van der Waals surface area contributed by atoms with Crippen LogP contribution in [-0.2, 0) is 16.1 Å². The van der Waals surface area contributed by atoms with Gasteiger partial charge in [-0.05, 0) is 29.9 Å². The monoisotopic (exact) mass is 396 g/mol. The Labute approximate surface area is 168 Å². The maximum Gasteiger partial charge on any atom is 0.246 e. The molecule has 1 amide bonds. The van der Waals surface area contributed by atoms with E-state index in [1.165, 1.54) is 4.88 Å². The molecule has 1 aliphatic rings. The number of ether oxygens (including phenoxy) is 1. The number of thiophene rings is 1. The van der Waals surface area contributed by atoms with Crippen LogP contribution in [0.3, 0.4) is 0 Å². The largest absolute Gasteiger partial charge is 0.367 e. The number of carbonyl (C=O) groups excluding carboxylic acids is 1. The number of hydrogen-bond acceptors (Lipinski definition) is 5. The fourth-order valence-electron chi connectivity index (χ4n) is 3.39. The lowest BCUT2D eigenvalue weighted by atomic mass is 10.1. The zero-order chi connectivity index (χ0) is 19.2. The molecule has 28 heavy (non-hydrogen) atoms. The summed E-state index contributed by atoms with van der Waals surface area (Å²) in [5.74, 6) is 0.925. The lowest BCUT2D eigenvalue weighted by Crippen LogP contribution is -2.45. The first-order chi connectivity index (χ1) is 13.8. The van der Waals surface area contributed by atoms with E-state index >= 15 is 0 Å². The van der Waals surface area contributed by atoms with Gasteiger partial charge in [0.2, 0.25) is 5.91 Å². The van der Waals surface area contributed by atoms with Crippen molar-refractivity contribution in [3.8, 4) is 10.6 Å². The van der Waals surface area contributed by atoms with Gasteiger partial charge in [-0.15, -0.1) is 11.3 Å². The summed E-state index contributed by atoms with van der Waals surface area (Å²) < 4.78 is 5.52. The molecule has 0 aliphatic carbocycles. The minimum absolute atomic E-state index is 0.0471. The molecular formula is C21H24N4O2S. The third-order valence-electron chi connectivity index (χ3n) is 4.88. The van der Waals surface area contributed by atoms with Gasteiger partial charge in [0.05, 0.1) is 17.2 Å². The first-order valence-corrected chi connectivity index (χ1v) is 10.4. The Kier molecular flexibility index (Phi) is 6.04. The van der Waals surface area contributed by atoms with Crippen molar-refractivity contribution >= 4 is 23.1 Å². The highest BCUT2D eigenvalue weighted by molar-refractivity contribution is 7.13. The van der Waals surface area contributed by atoms with Crippen LogP contribution in [0.1, 0.15) is 18.4 Å². The van der Waals surface area contributed by atoms with E-state index in [0.717, 1.165) is 43.0 Å². The summed E-state index contributed by atoms with van der Waals surface area (Å²) >= 11 is 1.70. The molecule has 4 rings (SSSR count). The number of rotatable bonds is 7. The van der Waals surface area contributed by atoms with Crippen LogP contribution >= 0.6 is 11.3 Å². The number of aromatic nitrogens is 2. The predicted octanol–water partition coefficient (Wildman–Crippen LogP) is 3.44. The molecule has 2 N–H and O–H groups in total. The lowest BCUT2D eigenvalue weighted by Gasteiger charge is -2.32.